The van der Waals surface area contributed by atoms with E-state index in [0.29, 0.717) is 0 Å². The molecule has 4 heteroatoms. The van der Waals surface area contributed by atoms with E-state index in [0.717, 1.165) is 20.5 Å². The number of thiophene rings is 1. The summed E-state index contributed by atoms with van der Waals surface area (Å²) in [7, 11) is 0. The van der Waals surface area contributed by atoms with Crippen molar-refractivity contribution in [3.63, 3.8) is 0 Å². The van der Waals surface area contributed by atoms with Gasteiger partial charge in [-0.3, -0.25) is 0 Å². The predicted octanol–water partition coefficient (Wildman–Crippen LogP) is 5.59. The molecule has 90 valence electrons. The predicted molar refractivity (Wildman–Crippen MR) is 75.6 cm³/mol. The van der Waals surface area contributed by atoms with Crippen LogP contribution in [0.15, 0.2) is 28.1 Å². The van der Waals surface area contributed by atoms with Crippen molar-refractivity contribution in [3.8, 4) is 0 Å². The zero-order valence-electron chi connectivity index (χ0n) is 9.43. The average Bonchev–Trinajstić information content (AvgIpc) is 2.57. The van der Waals surface area contributed by atoms with Crippen molar-refractivity contribution in [1.29, 1.82) is 0 Å². The van der Waals surface area contributed by atoms with E-state index in [9.17, 15) is 4.39 Å². The quantitative estimate of drug-likeness (QED) is 0.628. The van der Waals surface area contributed by atoms with Gasteiger partial charge in [0.05, 0.1) is 9.16 Å². The van der Waals surface area contributed by atoms with Crippen molar-refractivity contribution in [2.75, 3.05) is 0 Å². The van der Waals surface area contributed by atoms with E-state index < -0.39 is 0 Å². The summed E-state index contributed by atoms with van der Waals surface area (Å²) < 4.78 is 14.1. The normalized spacial score (nSPS) is 12.8. The molecule has 0 spiro atoms. The molecule has 0 nitrogen and oxygen atoms in total. The first kappa shape index (κ1) is 13.1. The Balaban J connectivity index is 2.43. The van der Waals surface area contributed by atoms with Crippen molar-refractivity contribution in [2.24, 2.45) is 0 Å². The van der Waals surface area contributed by atoms with E-state index in [1.807, 2.05) is 19.9 Å². The summed E-state index contributed by atoms with van der Waals surface area (Å²) in [6, 6.07) is 6.75. The second-order valence-electron chi connectivity index (χ2n) is 3.93. The Labute approximate surface area is 118 Å². The summed E-state index contributed by atoms with van der Waals surface area (Å²) in [5, 5.41) is -0.224. The van der Waals surface area contributed by atoms with Gasteiger partial charge in [-0.25, -0.2) is 4.39 Å². The Bertz CT molecular complexity index is 550. The molecule has 1 atom stereocenters. The third-order valence-electron chi connectivity index (χ3n) is 2.70. The van der Waals surface area contributed by atoms with Gasteiger partial charge in [0.1, 0.15) is 5.82 Å². The summed E-state index contributed by atoms with van der Waals surface area (Å²) in [4.78, 5) is 1.18. The van der Waals surface area contributed by atoms with Crippen LogP contribution in [0.4, 0.5) is 4.39 Å². The topological polar surface area (TPSA) is 0 Å². The third kappa shape index (κ3) is 2.72. The van der Waals surface area contributed by atoms with Crippen LogP contribution in [-0.2, 0) is 0 Å². The van der Waals surface area contributed by atoms with Crippen molar-refractivity contribution in [3.05, 3.63) is 55.4 Å². The van der Waals surface area contributed by atoms with Crippen LogP contribution < -0.4 is 0 Å². The Morgan fingerprint density at radius 3 is 2.47 bits per heavy atom. The van der Waals surface area contributed by atoms with Crippen LogP contribution in [0.5, 0.6) is 0 Å². The van der Waals surface area contributed by atoms with Gasteiger partial charge in [-0.15, -0.1) is 22.9 Å². The first-order valence-corrected chi connectivity index (χ1v) is 7.19. The molecule has 1 heterocycles. The van der Waals surface area contributed by atoms with Gasteiger partial charge in [0.2, 0.25) is 0 Å². The monoisotopic (exact) mass is 332 g/mol. The van der Waals surface area contributed by atoms with Crippen molar-refractivity contribution in [1.82, 2.24) is 0 Å². The number of halogens is 3. The Morgan fingerprint density at radius 1 is 1.24 bits per heavy atom. The lowest BCUT2D eigenvalue weighted by molar-refractivity contribution is 0.625. The van der Waals surface area contributed by atoms with Crippen LogP contribution in [-0.4, -0.2) is 0 Å². The maximum atomic E-state index is 13.0. The van der Waals surface area contributed by atoms with Crippen LogP contribution in [0.25, 0.3) is 0 Å². The van der Waals surface area contributed by atoms with Gasteiger partial charge in [-0.05, 0) is 64.7 Å². The van der Waals surface area contributed by atoms with Gasteiger partial charge >= 0.3 is 0 Å². The standard InChI is InChI=1S/C13H11BrClFS/c1-7-5-9(16)3-4-10(7)13(15)11-6-12(14)17-8(11)2/h3-6,13H,1-2H3. The molecule has 0 N–H and O–H groups in total. The molecule has 0 bridgehead atoms. The van der Waals surface area contributed by atoms with Crippen molar-refractivity contribution >= 4 is 38.9 Å². The number of rotatable bonds is 2. The number of hydrogen-bond acceptors (Lipinski definition) is 1. The average molecular weight is 334 g/mol. The van der Waals surface area contributed by atoms with E-state index >= 15 is 0 Å². The number of aryl methyl sites for hydroxylation is 2. The lowest BCUT2D eigenvalue weighted by Gasteiger charge is -2.12. The van der Waals surface area contributed by atoms with Crippen molar-refractivity contribution < 1.29 is 4.39 Å². The molecule has 1 aromatic carbocycles. The minimum absolute atomic E-state index is 0.224. The van der Waals surface area contributed by atoms with Gasteiger partial charge in [0, 0.05) is 4.88 Å². The van der Waals surface area contributed by atoms with E-state index in [-0.39, 0.29) is 11.2 Å². The summed E-state index contributed by atoms with van der Waals surface area (Å²) in [5.41, 5.74) is 2.92. The molecule has 0 radical (unpaired) electrons. The summed E-state index contributed by atoms with van der Waals surface area (Å²) >= 11 is 11.6. The zero-order valence-corrected chi connectivity index (χ0v) is 12.6. The molecular weight excluding hydrogens is 323 g/mol. The van der Waals surface area contributed by atoms with E-state index in [2.05, 4.69) is 15.9 Å². The van der Waals surface area contributed by atoms with Gasteiger partial charge in [-0.2, -0.15) is 0 Å². The maximum Gasteiger partial charge on any atom is 0.123 e. The highest BCUT2D eigenvalue weighted by Gasteiger charge is 2.17. The summed E-state index contributed by atoms with van der Waals surface area (Å²) in [6.45, 7) is 3.92. The van der Waals surface area contributed by atoms with Crippen LogP contribution in [0, 0.1) is 19.7 Å². The minimum atomic E-state index is -0.224. The first-order chi connectivity index (χ1) is 7.99. The lowest BCUT2D eigenvalue weighted by atomic mass is 10.0. The molecule has 0 aliphatic carbocycles. The lowest BCUT2D eigenvalue weighted by Crippen LogP contribution is -1.97. The molecule has 0 saturated heterocycles. The molecule has 1 unspecified atom stereocenters. The van der Waals surface area contributed by atoms with Gasteiger partial charge < -0.3 is 0 Å². The Hall–Kier alpha value is -0.380. The fourth-order valence-electron chi connectivity index (χ4n) is 1.80. The summed E-state index contributed by atoms with van der Waals surface area (Å²) in [5.74, 6) is -0.224. The fourth-order valence-corrected chi connectivity index (χ4v) is 4.09. The van der Waals surface area contributed by atoms with Crippen molar-refractivity contribution in [2.45, 2.75) is 19.2 Å². The van der Waals surface area contributed by atoms with E-state index in [1.165, 1.54) is 17.0 Å². The second-order valence-corrected chi connectivity index (χ2v) is 7.00. The van der Waals surface area contributed by atoms with Crippen LogP contribution in [0.1, 0.15) is 26.9 Å². The Kier molecular flexibility index (Phi) is 3.91. The molecule has 0 aliphatic heterocycles. The smallest absolute Gasteiger partial charge is 0.123 e. The molecular formula is C13H11BrClFS. The number of alkyl halides is 1. The van der Waals surface area contributed by atoms with E-state index in [1.54, 1.807) is 17.4 Å². The van der Waals surface area contributed by atoms with Crippen LogP contribution in [0.3, 0.4) is 0 Å². The van der Waals surface area contributed by atoms with Gasteiger partial charge in [0.15, 0.2) is 0 Å². The molecule has 0 saturated carbocycles. The minimum Gasteiger partial charge on any atom is -0.207 e. The second kappa shape index (κ2) is 5.09. The molecule has 0 aliphatic rings. The molecule has 0 amide bonds. The van der Waals surface area contributed by atoms with E-state index in [4.69, 9.17) is 11.6 Å². The highest BCUT2D eigenvalue weighted by Crippen LogP contribution is 2.38. The van der Waals surface area contributed by atoms with Crippen LogP contribution >= 0.6 is 38.9 Å². The van der Waals surface area contributed by atoms with Gasteiger partial charge in [0.25, 0.3) is 0 Å². The molecule has 1 aromatic heterocycles. The van der Waals surface area contributed by atoms with Crippen LogP contribution in [0.2, 0.25) is 0 Å². The molecule has 17 heavy (non-hydrogen) atoms. The SMILES string of the molecule is Cc1cc(F)ccc1C(Cl)c1cc(Br)sc1C. The molecule has 2 rings (SSSR count). The fraction of sp³-hybridized carbons (Fsp3) is 0.231. The van der Waals surface area contributed by atoms with Gasteiger partial charge in [-0.1, -0.05) is 6.07 Å². The number of benzene rings is 1. The largest absolute Gasteiger partial charge is 0.207 e. The third-order valence-corrected chi connectivity index (χ3v) is 4.74. The summed E-state index contributed by atoms with van der Waals surface area (Å²) in [6.07, 6.45) is 0. The highest BCUT2D eigenvalue weighted by atomic mass is 79.9. The number of hydrogen-bond donors (Lipinski definition) is 0. The highest BCUT2D eigenvalue weighted by molar-refractivity contribution is 9.11. The molecule has 2 aromatic rings. The Morgan fingerprint density at radius 2 is 1.94 bits per heavy atom. The maximum absolute atomic E-state index is 13.0. The zero-order chi connectivity index (χ0) is 12.6. The molecule has 0 fully saturated rings. The first-order valence-electron chi connectivity index (χ1n) is 5.15.